The maximum atomic E-state index is 12.5. The molecular weight excluding hydrogens is 301 g/mol. The van der Waals surface area contributed by atoms with Crippen LogP contribution in [0.5, 0.6) is 0 Å². The highest BCUT2D eigenvalue weighted by molar-refractivity contribution is 6.40. The molecule has 0 saturated carbocycles. The zero-order valence-electron chi connectivity index (χ0n) is 13.8. The number of likely N-dealkylation sites (tertiary alicyclic amines) is 1. The van der Waals surface area contributed by atoms with Crippen LogP contribution in [-0.2, 0) is 9.59 Å². The molecule has 1 aliphatic rings. The van der Waals surface area contributed by atoms with Crippen molar-refractivity contribution < 1.29 is 24.7 Å². The van der Waals surface area contributed by atoms with Gasteiger partial charge in [0.25, 0.3) is 0 Å². The number of hydrogen-bond donors (Lipinski definition) is 5. The summed E-state index contributed by atoms with van der Waals surface area (Å²) in [5, 5.41) is 27.2. The Morgan fingerprint density at radius 3 is 2.52 bits per heavy atom. The van der Waals surface area contributed by atoms with Gasteiger partial charge in [0, 0.05) is 19.0 Å². The highest BCUT2D eigenvalue weighted by Gasteiger charge is 2.51. The van der Waals surface area contributed by atoms with Crippen LogP contribution in [0.2, 0.25) is 6.32 Å². The van der Waals surface area contributed by atoms with Crippen LogP contribution in [0.1, 0.15) is 33.1 Å². The number of rotatable bonds is 8. The third-order valence-corrected chi connectivity index (χ3v) is 4.89. The lowest BCUT2D eigenvalue weighted by Crippen LogP contribution is -2.55. The van der Waals surface area contributed by atoms with E-state index in [4.69, 9.17) is 21.5 Å². The van der Waals surface area contributed by atoms with E-state index in [1.54, 1.807) is 0 Å². The van der Waals surface area contributed by atoms with E-state index in [1.807, 2.05) is 13.8 Å². The van der Waals surface area contributed by atoms with Gasteiger partial charge in [0.2, 0.25) is 5.91 Å². The Morgan fingerprint density at radius 1 is 1.43 bits per heavy atom. The van der Waals surface area contributed by atoms with Gasteiger partial charge in [0.05, 0.1) is 6.04 Å². The summed E-state index contributed by atoms with van der Waals surface area (Å²) >= 11 is 0. The second-order valence-electron chi connectivity index (χ2n) is 6.58. The van der Waals surface area contributed by atoms with E-state index >= 15 is 0 Å². The predicted molar refractivity (Wildman–Crippen MR) is 86.3 cm³/mol. The first kappa shape index (κ1) is 19.9. The summed E-state index contributed by atoms with van der Waals surface area (Å²) in [5.41, 5.74) is 10.5. The molecule has 0 aromatic rings. The summed E-state index contributed by atoms with van der Waals surface area (Å²) in [6.45, 7) is 3.98. The van der Waals surface area contributed by atoms with Crippen LogP contribution in [0.25, 0.3) is 0 Å². The quantitative estimate of drug-likeness (QED) is 0.353. The summed E-state index contributed by atoms with van der Waals surface area (Å²) in [4.78, 5) is 25.5. The van der Waals surface area contributed by atoms with Crippen LogP contribution < -0.4 is 11.5 Å². The molecule has 8 nitrogen and oxygen atoms in total. The molecule has 1 amide bonds. The first-order chi connectivity index (χ1) is 10.6. The van der Waals surface area contributed by atoms with Gasteiger partial charge in [-0.2, -0.15) is 0 Å². The lowest BCUT2D eigenvalue weighted by Gasteiger charge is -2.26. The summed E-state index contributed by atoms with van der Waals surface area (Å²) < 4.78 is 0. The van der Waals surface area contributed by atoms with Crippen LogP contribution >= 0.6 is 0 Å². The molecule has 0 unspecified atom stereocenters. The molecule has 0 radical (unpaired) electrons. The molecule has 1 aliphatic heterocycles. The van der Waals surface area contributed by atoms with Crippen LogP contribution in [0.4, 0.5) is 0 Å². The molecule has 7 N–H and O–H groups in total. The molecule has 4 atom stereocenters. The van der Waals surface area contributed by atoms with Gasteiger partial charge in [-0.15, -0.1) is 0 Å². The molecule has 23 heavy (non-hydrogen) atoms. The fraction of sp³-hybridized carbons (Fsp3) is 0.857. The standard InChI is InChI=1S/C14H28BN3O5/c1-3-9(2)11(16)12(19)18-7-10(5-4-6-15(22)23)14(17,8-18)13(20)21/h9-11,22-23H,3-8,16-17H2,1-2H3,(H,20,21)/t9-,10-,11-,14-/m0/s1. The Balaban J connectivity index is 2.79. The minimum Gasteiger partial charge on any atom is -0.480 e. The van der Waals surface area contributed by atoms with Crippen molar-refractivity contribution in [2.24, 2.45) is 23.3 Å². The normalized spacial score (nSPS) is 26.9. The summed E-state index contributed by atoms with van der Waals surface area (Å²) in [6, 6.07) is -0.670. The molecule has 0 aromatic carbocycles. The molecule has 0 aliphatic carbocycles. The number of aliphatic carboxylic acids is 1. The van der Waals surface area contributed by atoms with Gasteiger partial charge in [-0.3, -0.25) is 9.59 Å². The summed E-state index contributed by atoms with van der Waals surface area (Å²) in [7, 11) is -1.43. The van der Waals surface area contributed by atoms with Gasteiger partial charge >= 0.3 is 13.1 Å². The van der Waals surface area contributed by atoms with Gasteiger partial charge in [-0.1, -0.05) is 26.7 Å². The topological polar surface area (TPSA) is 150 Å². The van der Waals surface area contributed by atoms with Gasteiger partial charge < -0.3 is 31.5 Å². The Labute approximate surface area is 137 Å². The fourth-order valence-corrected chi connectivity index (χ4v) is 2.95. The third kappa shape index (κ3) is 4.66. The number of carboxylic acids is 1. The molecule has 0 spiro atoms. The number of carbonyl (C=O) groups excluding carboxylic acids is 1. The minimum absolute atomic E-state index is 0.00286. The third-order valence-electron chi connectivity index (χ3n) is 4.89. The molecule has 1 heterocycles. The predicted octanol–water partition coefficient (Wildman–Crippen LogP) is -1.15. The Kier molecular flexibility index (Phi) is 7.00. The van der Waals surface area contributed by atoms with E-state index in [9.17, 15) is 14.7 Å². The number of hydrogen-bond acceptors (Lipinski definition) is 6. The smallest absolute Gasteiger partial charge is 0.451 e. The van der Waals surface area contributed by atoms with Gasteiger partial charge in [0.1, 0.15) is 5.54 Å². The SMILES string of the molecule is CC[C@H](C)[C@H](N)C(=O)N1C[C@H](CCCB(O)O)[C@](N)(C(=O)O)C1. The molecule has 132 valence electrons. The van der Waals surface area contributed by atoms with Crippen molar-refractivity contribution in [2.45, 2.75) is 51.0 Å². The maximum Gasteiger partial charge on any atom is 0.451 e. The van der Waals surface area contributed by atoms with Gasteiger partial charge in [0.15, 0.2) is 0 Å². The van der Waals surface area contributed by atoms with Crippen molar-refractivity contribution in [2.75, 3.05) is 13.1 Å². The van der Waals surface area contributed by atoms with Gasteiger partial charge in [-0.05, 0) is 18.7 Å². The van der Waals surface area contributed by atoms with Crippen LogP contribution in [0.15, 0.2) is 0 Å². The highest BCUT2D eigenvalue weighted by atomic mass is 16.4. The Morgan fingerprint density at radius 2 is 2.04 bits per heavy atom. The average molecular weight is 329 g/mol. The number of nitrogens with zero attached hydrogens (tertiary/aromatic N) is 1. The zero-order chi connectivity index (χ0) is 17.8. The first-order valence-corrected chi connectivity index (χ1v) is 8.06. The number of nitrogens with two attached hydrogens (primary N) is 2. The van der Waals surface area contributed by atoms with E-state index in [2.05, 4.69) is 0 Å². The van der Waals surface area contributed by atoms with E-state index in [0.29, 0.717) is 12.8 Å². The lowest BCUT2D eigenvalue weighted by molar-refractivity contribution is -0.144. The highest BCUT2D eigenvalue weighted by Crippen LogP contribution is 2.31. The minimum atomic E-state index is -1.52. The van der Waals surface area contributed by atoms with Crippen LogP contribution in [0.3, 0.4) is 0 Å². The van der Waals surface area contributed by atoms with Crippen molar-refractivity contribution in [1.82, 2.24) is 4.90 Å². The number of carbonyl (C=O) groups is 2. The van der Waals surface area contributed by atoms with E-state index < -0.39 is 30.6 Å². The van der Waals surface area contributed by atoms with E-state index in [-0.39, 0.29) is 31.2 Å². The summed E-state index contributed by atoms with van der Waals surface area (Å²) in [5.74, 6) is -1.87. The molecule has 0 bridgehead atoms. The zero-order valence-corrected chi connectivity index (χ0v) is 13.8. The lowest BCUT2D eigenvalue weighted by atomic mass is 9.78. The van der Waals surface area contributed by atoms with E-state index in [1.165, 1.54) is 4.90 Å². The van der Waals surface area contributed by atoms with Crippen molar-refractivity contribution in [3.8, 4) is 0 Å². The monoisotopic (exact) mass is 329 g/mol. The van der Waals surface area contributed by atoms with Crippen molar-refractivity contribution in [3.05, 3.63) is 0 Å². The number of amides is 1. The Hall–Kier alpha value is -1.16. The molecule has 1 rings (SSSR count). The molecule has 1 saturated heterocycles. The van der Waals surface area contributed by atoms with Crippen molar-refractivity contribution >= 4 is 19.0 Å². The van der Waals surface area contributed by atoms with E-state index in [0.717, 1.165) is 6.42 Å². The molecule has 9 heteroatoms. The second kappa shape index (κ2) is 8.10. The van der Waals surface area contributed by atoms with Gasteiger partial charge in [-0.25, -0.2) is 0 Å². The number of carboxylic acid groups (broad SMARTS) is 1. The van der Waals surface area contributed by atoms with Crippen molar-refractivity contribution in [1.29, 1.82) is 0 Å². The fourth-order valence-electron chi connectivity index (χ4n) is 2.95. The molecule has 1 fully saturated rings. The molecule has 0 aromatic heterocycles. The second-order valence-corrected chi connectivity index (χ2v) is 6.58. The Bertz CT molecular complexity index is 437. The molecular formula is C14H28BN3O5. The first-order valence-electron chi connectivity index (χ1n) is 8.06. The largest absolute Gasteiger partial charge is 0.480 e. The average Bonchev–Trinajstić information content (AvgIpc) is 2.83. The summed E-state index contributed by atoms with van der Waals surface area (Å²) in [6.07, 6.45) is 1.73. The van der Waals surface area contributed by atoms with Crippen molar-refractivity contribution in [3.63, 3.8) is 0 Å². The maximum absolute atomic E-state index is 12.5. The van der Waals surface area contributed by atoms with Crippen LogP contribution in [0, 0.1) is 11.8 Å². The van der Waals surface area contributed by atoms with Crippen LogP contribution in [-0.4, -0.2) is 63.7 Å².